The first-order valence-electron chi connectivity index (χ1n) is 6.35. The second-order valence-corrected chi connectivity index (χ2v) is 6.18. The Balaban J connectivity index is 2.06. The monoisotopic (exact) mass is 302 g/mol. The topological polar surface area (TPSA) is 101 Å². The van der Waals surface area contributed by atoms with Crippen molar-refractivity contribution in [2.75, 3.05) is 4.72 Å². The highest BCUT2D eigenvalue weighted by Crippen LogP contribution is 2.25. The van der Waals surface area contributed by atoms with Gasteiger partial charge in [-0.05, 0) is 11.5 Å². The van der Waals surface area contributed by atoms with E-state index < -0.39 is 10.0 Å². The number of benzene rings is 2. The Hall–Kier alpha value is -2.38. The molecule has 0 saturated carbocycles. The van der Waals surface area contributed by atoms with Gasteiger partial charge in [-0.25, -0.2) is 0 Å². The van der Waals surface area contributed by atoms with E-state index in [-0.39, 0.29) is 11.6 Å². The van der Waals surface area contributed by atoms with Crippen LogP contribution >= 0.6 is 0 Å². The lowest BCUT2D eigenvalue weighted by molar-refractivity contribution is 0.596. The zero-order valence-corrected chi connectivity index (χ0v) is 11.9. The summed E-state index contributed by atoms with van der Waals surface area (Å²) in [6, 6.07) is 13.0. The van der Waals surface area contributed by atoms with Crippen molar-refractivity contribution in [1.29, 1.82) is 0 Å². The van der Waals surface area contributed by atoms with Crippen LogP contribution in [0.2, 0.25) is 0 Å². The van der Waals surface area contributed by atoms with Crippen LogP contribution in [0.25, 0.3) is 10.8 Å². The molecule has 0 atom stereocenters. The molecular formula is C14H14N4O2S. The largest absolute Gasteiger partial charge is 0.326 e. The summed E-state index contributed by atoms with van der Waals surface area (Å²) in [5, 5.41) is 8.01. The lowest BCUT2D eigenvalue weighted by Crippen LogP contribution is -2.16. The van der Waals surface area contributed by atoms with Gasteiger partial charge in [0.15, 0.2) is 5.03 Å². The highest BCUT2D eigenvalue weighted by atomic mass is 32.2. The van der Waals surface area contributed by atoms with Crippen LogP contribution in [-0.2, 0) is 16.6 Å². The third-order valence-corrected chi connectivity index (χ3v) is 4.58. The predicted octanol–water partition coefficient (Wildman–Crippen LogP) is 1.82. The highest BCUT2D eigenvalue weighted by molar-refractivity contribution is 7.92. The van der Waals surface area contributed by atoms with Crippen molar-refractivity contribution in [2.45, 2.75) is 11.6 Å². The number of rotatable bonds is 4. The minimum atomic E-state index is -3.75. The van der Waals surface area contributed by atoms with Crippen LogP contribution in [0, 0.1) is 0 Å². The lowest BCUT2D eigenvalue weighted by atomic mass is 10.1. The highest BCUT2D eigenvalue weighted by Gasteiger charge is 2.20. The smallest absolute Gasteiger partial charge is 0.279 e. The van der Waals surface area contributed by atoms with Gasteiger partial charge in [0.2, 0.25) is 0 Å². The number of anilines is 1. The maximum Gasteiger partial charge on any atom is 0.279 e. The lowest BCUT2D eigenvalue weighted by Gasteiger charge is -2.10. The molecule has 1 heterocycles. The second-order valence-electron chi connectivity index (χ2n) is 4.56. The Morgan fingerprint density at radius 1 is 1.14 bits per heavy atom. The predicted molar refractivity (Wildman–Crippen MR) is 81.2 cm³/mol. The number of nitrogens with zero attached hydrogens (tertiary/aromatic N) is 1. The molecule has 2 aromatic carbocycles. The number of sulfonamides is 1. The third-order valence-electron chi connectivity index (χ3n) is 3.20. The van der Waals surface area contributed by atoms with Gasteiger partial charge in [0.1, 0.15) is 0 Å². The van der Waals surface area contributed by atoms with Gasteiger partial charge in [-0.2, -0.15) is 13.5 Å². The van der Waals surface area contributed by atoms with Crippen molar-refractivity contribution in [1.82, 2.24) is 10.2 Å². The summed E-state index contributed by atoms with van der Waals surface area (Å²) in [7, 11) is -3.75. The molecule has 4 N–H and O–H groups in total. The van der Waals surface area contributed by atoms with Crippen LogP contribution in [0.5, 0.6) is 0 Å². The maximum atomic E-state index is 12.4. The minimum absolute atomic E-state index is 0.00191. The molecule has 0 aliphatic rings. The molecule has 3 rings (SSSR count). The number of aromatic amines is 1. The van der Waals surface area contributed by atoms with Gasteiger partial charge < -0.3 is 5.73 Å². The summed E-state index contributed by atoms with van der Waals surface area (Å²) in [6.07, 6.45) is 1.41. The first-order valence-corrected chi connectivity index (χ1v) is 7.83. The molecule has 0 aliphatic heterocycles. The fourth-order valence-corrected chi connectivity index (χ4v) is 3.41. The molecule has 6 nitrogen and oxygen atoms in total. The van der Waals surface area contributed by atoms with Gasteiger partial charge in [-0.1, -0.05) is 36.4 Å². The zero-order chi connectivity index (χ0) is 14.9. The van der Waals surface area contributed by atoms with Crippen molar-refractivity contribution in [3.63, 3.8) is 0 Å². The molecule has 0 aliphatic carbocycles. The number of H-pyrrole nitrogens is 1. The van der Waals surface area contributed by atoms with E-state index in [9.17, 15) is 8.42 Å². The SMILES string of the molecule is NCc1cn[nH]c1S(=O)(=O)Nc1cccc2ccccc12. The first-order chi connectivity index (χ1) is 10.1. The van der Waals surface area contributed by atoms with Crippen LogP contribution in [0.4, 0.5) is 5.69 Å². The number of nitrogens with one attached hydrogen (secondary N) is 2. The summed E-state index contributed by atoms with van der Waals surface area (Å²) in [4.78, 5) is 0. The van der Waals surface area contributed by atoms with Crippen LogP contribution in [0.3, 0.4) is 0 Å². The van der Waals surface area contributed by atoms with Crippen molar-refractivity contribution in [2.24, 2.45) is 5.73 Å². The second kappa shape index (κ2) is 5.19. The minimum Gasteiger partial charge on any atom is -0.326 e. The summed E-state index contributed by atoms with van der Waals surface area (Å²) in [5.74, 6) is 0. The Labute approximate surface area is 122 Å². The number of nitrogens with two attached hydrogens (primary N) is 1. The zero-order valence-electron chi connectivity index (χ0n) is 11.1. The molecule has 0 saturated heterocycles. The fourth-order valence-electron chi connectivity index (χ4n) is 2.19. The molecule has 108 valence electrons. The van der Waals surface area contributed by atoms with Crippen LogP contribution < -0.4 is 10.5 Å². The van der Waals surface area contributed by atoms with Crippen molar-refractivity contribution < 1.29 is 8.42 Å². The molecule has 0 fully saturated rings. The number of hydrogen-bond donors (Lipinski definition) is 3. The Morgan fingerprint density at radius 2 is 1.90 bits per heavy atom. The molecule has 0 unspecified atom stereocenters. The number of fused-ring (bicyclic) bond motifs is 1. The van der Waals surface area contributed by atoms with E-state index in [0.717, 1.165) is 10.8 Å². The van der Waals surface area contributed by atoms with Gasteiger partial charge in [0, 0.05) is 17.5 Å². The fraction of sp³-hybridized carbons (Fsp3) is 0.0714. The number of aromatic nitrogens is 2. The molecular weight excluding hydrogens is 288 g/mol. The summed E-state index contributed by atoms with van der Waals surface area (Å²) in [6.45, 7) is 0.0995. The standard InChI is InChI=1S/C14H14N4O2S/c15-8-11-9-16-17-14(11)21(19,20)18-13-7-3-5-10-4-1-2-6-12(10)13/h1-7,9,18H,8,15H2,(H,16,17). The molecule has 21 heavy (non-hydrogen) atoms. The van der Waals surface area contributed by atoms with Gasteiger partial charge in [0.05, 0.1) is 11.9 Å². The van der Waals surface area contributed by atoms with E-state index in [2.05, 4.69) is 14.9 Å². The van der Waals surface area contributed by atoms with E-state index in [1.54, 1.807) is 12.1 Å². The van der Waals surface area contributed by atoms with Crippen molar-refractivity contribution >= 4 is 26.5 Å². The normalized spacial score (nSPS) is 11.7. The molecule has 7 heteroatoms. The Kier molecular flexibility index (Phi) is 3.36. The molecule has 0 bridgehead atoms. The van der Waals surface area contributed by atoms with Crippen LogP contribution in [-0.4, -0.2) is 18.6 Å². The van der Waals surface area contributed by atoms with E-state index in [4.69, 9.17) is 5.73 Å². The first kappa shape index (κ1) is 13.6. The summed E-state index contributed by atoms with van der Waals surface area (Å²) < 4.78 is 27.5. The van der Waals surface area contributed by atoms with Gasteiger partial charge in [0.25, 0.3) is 10.0 Å². The van der Waals surface area contributed by atoms with Crippen LogP contribution in [0.15, 0.2) is 53.7 Å². The average molecular weight is 302 g/mol. The third kappa shape index (κ3) is 2.48. The Bertz CT molecular complexity index is 881. The van der Waals surface area contributed by atoms with Gasteiger partial charge in [-0.3, -0.25) is 9.82 Å². The molecule has 0 spiro atoms. The molecule has 1 aromatic heterocycles. The van der Waals surface area contributed by atoms with Crippen LogP contribution in [0.1, 0.15) is 5.56 Å². The van der Waals surface area contributed by atoms with Crippen molar-refractivity contribution in [3.05, 3.63) is 54.2 Å². The molecule has 0 amide bonds. The van der Waals surface area contributed by atoms with E-state index >= 15 is 0 Å². The quantitative estimate of drug-likeness (QED) is 0.684. The summed E-state index contributed by atoms with van der Waals surface area (Å²) in [5.41, 5.74) is 6.49. The summed E-state index contributed by atoms with van der Waals surface area (Å²) >= 11 is 0. The van der Waals surface area contributed by atoms with E-state index in [1.165, 1.54) is 6.20 Å². The van der Waals surface area contributed by atoms with E-state index in [0.29, 0.717) is 11.3 Å². The van der Waals surface area contributed by atoms with Gasteiger partial charge in [-0.15, -0.1) is 0 Å². The maximum absolute atomic E-state index is 12.4. The number of hydrogen-bond acceptors (Lipinski definition) is 4. The molecule has 3 aromatic rings. The van der Waals surface area contributed by atoms with E-state index in [1.807, 2.05) is 30.3 Å². The molecule has 0 radical (unpaired) electrons. The van der Waals surface area contributed by atoms with Gasteiger partial charge >= 0.3 is 0 Å². The van der Waals surface area contributed by atoms with Crippen molar-refractivity contribution in [3.8, 4) is 0 Å². The Morgan fingerprint density at radius 3 is 2.71 bits per heavy atom. The average Bonchev–Trinajstić information content (AvgIpc) is 2.97.